The smallest absolute Gasteiger partial charge is 0.416 e. The third-order valence-corrected chi connectivity index (χ3v) is 8.96. The molecule has 15 heteroatoms. The number of carbonyl (C=O) groups excluding carboxylic acids is 4. The third kappa shape index (κ3) is 7.59. The number of imide groups is 1. The van der Waals surface area contributed by atoms with Crippen LogP contribution in [0.5, 0.6) is 0 Å². The van der Waals surface area contributed by atoms with E-state index in [0.29, 0.717) is 41.1 Å². The summed E-state index contributed by atoms with van der Waals surface area (Å²) in [4.78, 5) is 54.8. The van der Waals surface area contributed by atoms with Crippen LogP contribution in [0, 0.1) is 5.92 Å². The largest absolute Gasteiger partial charge is 0.467 e. The minimum absolute atomic E-state index is 0.000301. The first kappa shape index (κ1) is 34.3. The summed E-state index contributed by atoms with van der Waals surface area (Å²) in [5.74, 6) is -1.81. The van der Waals surface area contributed by atoms with Gasteiger partial charge in [0, 0.05) is 23.5 Å². The van der Waals surface area contributed by atoms with Crippen molar-refractivity contribution in [2.45, 2.75) is 58.0 Å². The van der Waals surface area contributed by atoms with Crippen LogP contribution >= 0.6 is 23.4 Å². The van der Waals surface area contributed by atoms with Gasteiger partial charge in [-0.25, -0.2) is 9.59 Å². The van der Waals surface area contributed by atoms with Crippen molar-refractivity contribution in [2.24, 2.45) is 5.92 Å². The van der Waals surface area contributed by atoms with E-state index in [4.69, 9.17) is 21.1 Å². The molecule has 2 saturated heterocycles. The number of fused-ring (bicyclic) bond motifs is 1. The summed E-state index contributed by atoms with van der Waals surface area (Å²) in [6.07, 6.45) is -1.36. The Morgan fingerprint density at radius 2 is 1.81 bits per heavy atom. The van der Waals surface area contributed by atoms with Crippen LogP contribution in [0.3, 0.4) is 0 Å². The van der Waals surface area contributed by atoms with E-state index in [1.54, 1.807) is 39.0 Å². The van der Waals surface area contributed by atoms with Crippen molar-refractivity contribution >= 4 is 63.6 Å². The molecule has 0 N–H and O–H groups in total. The number of piperidine rings is 1. The van der Waals surface area contributed by atoms with Gasteiger partial charge >= 0.3 is 18.2 Å². The summed E-state index contributed by atoms with van der Waals surface area (Å²) < 4.78 is 52.7. The Morgan fingerprint density at radius 1 is 1.11 bits per heavy atom. The van der Waals surface area contributed by atoms with Crippen LogP contribution in [0.2, 0.25) is 5.02 Å². The first-order valence-corrected chi connectivity index (χ1v) is 15.9. The van der Waals surface area contributed by atoms with Crippen LogP contribution in [0.15, 0.2) is 47.5 Å². The van der Waals surface area contributed by atoms with Crippen molar-refractivity contribution < 1.29 is 41.8 Å². The predicted molar refractivity (Wildman–Crippen MR) is 169 cm³/mol. The lowest BCUT2D eigenvalue weighted by Crippen LogP contribution is -2.52. The van der Waals surface area contributed by atoms with E-state index in [-0.39, 0.29) is 35.1 Å². The Hall–Kier alpha value is -4.04. The summed E-state index contributed by atoms with van der Waals surface area (Å²) in [6, 6.07) is 7.43. The number of ether oxygens (including phenoxy) is 2. The maximum atomic E-state index is 13.6. The molecule has 3 aromatic rings. The number of nitrogens with zero attached hydrogens (tertiary/aromatic N) is 4. The van der Waals surface area contributed by atoms with Gasteiger partial charge in [0.15, 0.2) is 0 Å². The lowest BCUT2D eigenvalue weighted by molar-refractivity contribution is -0.151. The zero-order valence-electron chi connectivity index (χ0n) is 26.0. The van der Waals surface area contributed by atoms with E-state index in [0.717, 1.165) is 11.0 Å². The molecule has 0 bridgehead atoms. The summed E-state index contributed by atoms with van der Waals surface area (Å²) in [5, 5.41) is 4.22. The lowest BCUT2D eigenvalue weighted by atomic mass is 9.88. The molecule has 1 aromatic heterocycles. The number of halogens is 4. The second kappa shape index (κ2) is 13.2. The van der Waals surface area contributed by atoms with Gasteiger partial charge in [0.25, 0.3) is 11.1 Å². The Kier molecular flexibility index (Phi) is 9.65. The summed E-state index contributed by atoms with van der Waals surface area (Å²) >= 11 is 6.50. The molecule has 1 atom stereocenters. The summed E-state index contributed by atoms with van der Waals surface area (Å²) in [7, 11) is 1.19. The maximum Gasteiger partial charge on any atom is 0.416 e. The molecule has 5 rings (SSSR count). The van der Waals surface area contributed by atoms with E-state index in [2.05, 4.69) is 5.10 Å². The second-order valence-corrected chi connectivity index (χ2v) is 13.7. The Morgan fingerprint density at radius 3 is 2.45 bits per heavy atom. The Bertz CT molecular complexity index is 1760. The van der Waals surface area contributed by atoms with Gasteiger partial charge in [-0.2, -0.15) is 18.3 Å². The number of thioether (sulfide) groups is 1. The van der Waals surface area contributed by atoms with Crippen molar-refractivity contribution in [1.29, 1.82) is 0 Å². The van der Waals surface area contributed by atoms with Crippen LogP contribution < -0.4 is 0 Å². The number of amides is 3. The van der Waals surface area contributed by atoms with E-state index in [1.165, 1.54) is 41.1 Å². The number of aromatic nitrogens is 2. The fraction of sp³-hybridized carbons (Fsp3) is 0.406. The van der Waals surface area contributed by atoms with Gasteiger partial charge in [0.05, 0.1) is 35.8 Å². The normalized spacial score (nSPS) is 17.9. The molecule has 2 aromatic carbocycles. The molecule has 1 unspecified atom stereocenters. The highest BCUT2D eigenvalue weighted by molar-refractivity contribution is 8.18. The molecule has 0 aliphatic carbocycles. The number of hydrogen-bond acceptors (Lipinski definition) is 8. The van der Waals surface area contributed by atoms with E-state index >= 15 is 0 Å². The molecule has 2 aliphatic rings. The number of methoxy groups -OCH3 is 1. The highest BCUT2D eigenvalue weighted by atomic mass is 35.5. The van der Waals surface area contributed by atoms with Crippen molar-refractivity contribution in [3.63, 3.8) is 0 Å². The minimum atomic E-state index is -4.59. The molecule has 47 heavy (non-hydrogen) atoms. The maximum absolute atomic E-state index is 13.6. The molecule has 3 amide bonds. The van der Waals surface area contributed by atoms with Crippen LogP contribution in [-0.4, -0.2) is 74.6 Å². The number of rotatable bonds is 6. The average Bonchev–Trinajstić information content (AvgIpc) is 3.51. The number of benzene rings is 2. The molecule has 10 nitrogen and oxygen atoms in total. The van der Waals surface area contributed by atoms with Gasteiger partial charge in [-0.3, -0.25) is 19.2 Å². The highest BCUT2D eigenvalue weighted by Gasteiger charge is 2.47. The van der Waals surface area contributed by atoms with Crippen molar-refractivity contribution in [3.8, 4) is 0 Å². The zero-order valence-corrected chi connectivity index (χ0v) is 27.5. The highest BCUT2D eigenvalue weighted by Crippen LogP contribution is 2.38. The molecule has 0 saturated carbocycles. The van der Waals surface area contributed by atoms with E-state index < -0.39 is 52.5 Å². The topological polar surface area (TPSA) is 111 Å². The summed E-state index contributed by atoms with van der Waals surface area (Å²) in [5.41, 5.74) is -0.410. The fourth-order valence-electron chi connectivity index (χ4n) is 5.66. The molecule has 3 heterocycles. The lowest BCUT2D eigenvalue weighted by Gasteiger charge is -2.37. The van der Waals surface area contributed by atoms with Crippen LogP contribution in [0.1, 0.15) is 50.3 Å². The molecule has 0 spiro atoms. The first-order chi connectivity index (χ1) is 22.1. The van der Waals surface area contributed by atoms with Gasteiger partial charge in [0.1, 0.15) is 11.6 Å². The number of carbonyl (C=O) groups is 4. The number of alkyl halides is 3. The number of likely N-dealkylation sites (tertiary alicyclic amines) is 1. The van der Waals surface area contributed by atoms with E-state index in [9.17, 15) is 32.3 Å². The molecule has 250 valence electrons. The van der Waals surface area contributed by atoms with Gasteiger partial charge < -0.3 is 14.4 Å². The van der Waals surface area contributed by atoms with Crippen LogP contribution in [-0.2, 0) is 31.8 Å². The molecule has 2 aliphatic heterocycles. The number of esters is 1. The van der Waals surface area contributed by atoms with Crippen molar-refractivity contribution in [2.75, 3.05) is 20.2 Å². The van der Waals surface area contributed by atoms with Crippen molar-refractivity contribution in [1.82, 2.24) is 19.6 Å². The van der Waals surface area contributed by atoms with Crippen molar-refractivity contribution in [3.05, 3.63) is 69.2 Å². The third-order valence-electron chi connectivity index (χ3n) is 7.84. The van der Waals surface area contributed by atoms with Gasteiger partial charge in [-0.15, -0.1) is 0 Å². The Labute approximate surface area is 277 Å². The van der Waals surface area contributed by atoms with Crippen LogP contribution in [0.25, 0.3) is 17.0 Å². The number of hydrogen-bond donors (Lipinski definition) is 0. The second-order valence-electron chi connectivity index (χ2n) is 12.2. The molecular weight excluding hydrogens is 661 g/mol. The van der Waals surface area contributed by atoms with Gasteiger partial charge in [0.2, 0.25) is 0 Å². The van der Waals surface area contributed by atoms with Gasteiger partial charge in [-0.1, -0.05) is 23.7 Å². The Balaban J connectivity index is 1.33. The zero-order chi connectivity index (χ0) is 34.3. The SMILES string of the molecule is COC(=O)C(C1CCN(C(=O)OC(C)(C)C)CC1)N1C(=O)SC(=Cc2ccc3c(cnn3Cc3ccc(Cl)cc3C(F)(F)F)c2)C1=O. The molecule has 0 radical (unpaired) electrons. The molecule has 2 fully saturated rings. The quantitative estimate of drug-likeness (QED) is 0.201. The average molecular weight is 693 g/mol. The van der Waals surface area contributed by atoms with Gasteiger partial charge in [-0.05, 0) is 92.8 Å². The molecular formula is C32H32ClF3N4O6S. The monoisotopic (exact) mass is 692 g/mol. The minimum Gasteiger partial charge on any atom is -0.467 e. The summed E-state index contributed by atoms with van der Waals surface area (Å²) in [6.45, 7) is 5.71. The van der Waals surface area contributed by atoms with Crippen LogP contribution in [0.4, 0.5) is 22.8 Å². The first-order valence-electron chi connectivity index (χ1n) is 14.7. The standard InChI is InChI=1S/C32H32ClF3N4O6S/c1-31(2,3)46-29(43)38-11-9-19(10-12-38)26(28(42)45-4)40-27(41)25(47-30(40)44)14-18-5-8-24-21(13-18)16-37-39(24)17-20-6-7-22(33)15-23(20)32(34,35)36/h5-8,13-16,19,26H,9-12,17H2,1-4H3. The fourth-order valence-corrected chi connectivity index (χ4v) is 6.69. The predicted octanol–water partition coefficient (Wildman–Crippen LogP) is 6.98. The van der Waals surface area contributed by atoms with E-state index in [1.807, 2.05) is 0 Å².